The van der Waals surface area contributed by atoms with Gasteiger partial charge in [0.25, 0.3) is 0 Å². The van der Waals surface area contributed by atoms with E-state index in [9.17, 15) is 10.0 Å². The van der Waals surface area contributed by atoms with Crippen LogP contribution in [0.4, 0.5) is 0 Å². The summed E-state index contributed by atoms with van der Waals surface area (Å²) in [4.78, 5) is 3.95. The fourth-order valence-corrected chi connectivity index (χ4v) is 3.75. The Kier molecular flexibility index (Phi) is 5.15. The van der Waals surface area contributed by atoms with Crippen molar-refractivity contribution in [2.45, 2.75) is 0 Å². The van der Waals surface area contributed by atoms with Crippen LogP contribution in [0.5, 0.6) is 0 Å². The van der Waals surface area contributed by atoms with Crippen LogP contribution in [0, 0.1) is 0 Å². The molecule has 0 spiro atoms. The van der Waals surface area contributed by atoms with E-state index in [-0.39, 0.29) is 0 Å². The molecule has 2 N–H and O–H groups in total. The standard InChI is InChI=1S/C16H11BO2.C5H3Br2N/c18-17(19)14-8-12-6-4-10-2-1-3-11-5-7-13(9-14)16(12)15(10)11;6-4-1-2-5(7)8-3-4/h1-9,18-19H;1-3H. The zero-order chi connectivity index (χ0) is 19.0. The van der Waals surface area contributed by atoms with Crippen molar-refractivity contribution >= 4 is 76.8 Å². The summed E-state index contributed by atoms with van der Waals surface area (Å²) in [6.07, 6.45) is 1.74. The average molecular weight is 483 g/mol. The second kappa shape index (κ2) is 7.56. The molecule has 1 aromatic heterocycles. The summed E-state index contributed by atoms with van der Waals surface area (Å²) in [6, 6.07) is 22.0. The summed E-state index contributed by atoms with van der Waals surface area (Å²) in [6.45, 7) is 0. The summed E-state index contributed by atoms with van der Waals surface area (Å²) in [5.41, 5.74) is 0.533. The summed E-state index contributed by atoms with van der Waals surface area (Å²) in [5, 5.41) is 25.7. The van der Waals surface area contributed by atoms with Crippen LogP contribution in [0.25, 0.3) is 32.3 Å². The van der Waals surface area contributed by atoms with E-state index in [2.05, 4.69) is 67.2 Å². The number of halogens is 2. The monoisotopic (exact) mass is 481 g/mol. The van der Waals surface area contributed by atoms with Crippen molar-refractivity contribution in [2.75, 3.05) is 0 Å². The minimum Gasteiger partial charge on any atom is -0.423 e. The lowest BCUT2D eigenvalue weighted by atomic mass is 9.78. The zero-order valence-corrected chi connectivity index (χ0v) is 17.3. The number of rotatable bonds is 1. The van der Waals surface area contributed by atoms with Gasteiger partial charge in [0.1, 0.15) is 4.60 Å². The number of benzene rings is 4. The van der Waals surface area contributed by atoms with Crippen molar-refractivity contribution in [3.63, 3.8) is 0 Å². The second-order valence-electron chi connectivity index (χ2n) is 6.23. The molecule has 0 atom stereocenters. The molecule has 3 nitrogen and oxygen atoms in total. The lowest BCUT2D eigenvalue weighted by Crippen LogP contribution is -2.29. The third kappa shape index (κ3) is 3.71. The van der Waals surface area contributed by atoms with Gasteiger partial charge in [-0.2, -0.15) is 0 Å². The fraction of sp³-hybridized carbons (Fsp3) is 0. The molecule has 27 heavy (non-hydrogen) atoms. The Balaban J connectivity index is 0.000000190. The van der Waals surface area contributed by atoms with Crippen molar-refractivity contribution < 1.29 is 10.0 Å². The Morgan fingerprint density at radius 3 is 1.74 bits per heavy atom. The zero-order valence-electron chi connectivity index (χ0n) is 14.1. The smallest absolute Gasteiger partial charge is 0.423 e. The third-order valence-electron chi connectivity index (χ3n) is 4.47. The highest BCUT2D eigenvalue weighted by molar-refractivity contribution is 9.11. The van der Waals surface area contributed by atoms with E-state index in [0.29, 0.717) is 5.46 Å². The molecule has 5 aromatic rings. The molecular weight excluding hydrogens is 469 g/mol. The van der Waals surface area contributed by atoms with Gasteiger partial charge in [-0.1, -0.05) is 54.6 Å². The van der Waals surface area contributed by atoms with Gasteiger partial charge in [-0.05, 0) is 81.8 Å². The van der Waals surface area contributed by atoms with Crippen molar-refractivity contribution in [3.8, 4) is 0 Å². The van der Waals surface area contributed by atoms with E-state index in [1.807, 2.05) is 36.4 Å². The van der Waals surface area contributed by atoms with E-state index in [1.165, 1.54) is 21.5 Å². The molecule has 6 heteroatoms. The first kappa shape index (κ1) is 18.4. The molecule has 0 unspecified atom stereocenters. The molecule has 0 aliphatic heterocycles. The molecule has 132 valence electrons. The summed E-state index contributed by atoms with van der Waals surface area (Å²) < 4.78 is 1.86. The van der Waals surface area contributed by atoms with Crippen LogP contribution in [-0.2, 0) is 0 Å². The number of pyridine rings is 1. The number of nitrogens with zero attached hydrogens (tertiary/aromatic N) is 1. The molecule has 0 aliphatic rings. The van der Waals surface area contributed by atoms with Crippen LogP contribution >= 0.6 is 31.9 Å². The molecule has 0 saturated carbocycles. The second-order valence-corrected chi connectivity index (χ2v) is 7.95. The van der Waals surface area contributed by atoms with Crippen molar-refractivity contribution in [3.05, 3.63) is 82.0 Å². The Morgan fingerprint density at radius 2 is 1.26 bits per heavy atom. The van der Waals surface area contributed by atoms with Gasteiger partial charge in [0, 0.05) is 10.7 Å². The lowest BCUT2D eigenvalue weighted by Gasteiger charge is -2.12. The number of hydrogen-bond donors (Lipinski definition) is 2. The van der Waals surface area contributed by atoms with Crippen molar-refractivity contribution in [2.24, 2.45) is 0 Å². The van der Waals surface area contributed by atoms with Gasteiger partial charge >= 0.3 is 7.12 Å². The van der Waals surface area contributed by atoms with Crippen LogP contribution in [-0.4, -0.2) is 22.2 Å². The van der Waals surface area contributed by atoms with E-state index in [1.54, 1.807) is 6.20 Å². The maximum Gasteiger partial charge on any atom is 0.488 e. The highest BCUT2D eigenvalue weighted by Gasteiger charge is 2.14. The van der Waals surface area contributed by atoms with Crippen molar-refractivity contribution in [1.29, 1.82) is 0 Å². The first-order valence-electron chi connectivity index (χ1n) is 8.33. The van der Waals surface area contributed by atoms with Crippen LogP contribution < -0.4 is 5.46 Å². The molecule has 0 bridgehead atoms. The van der Waals surface area contributed by atoms with Gasteiger partial charge in [-0.15, -0.1) is 0 Å². The minimum atomic E-state index is -1.43. The highest BCUT2D eigenvalue weighted by atomic mass is 79.9. The van der Waals surface area contributed by atoms with Gasteiger partial charge in [-0.3, -0.25) is 0 Å². The maximum absolute atomic E-state index is 9.36. The van der Waals surface area contributed by atoms with Crippen LogP contribution in [0.15, 0.2) is 82.0 Å². The predicted molar refractivity (Wildman–Crippen MR) is 120 cm³/mol. The largest absolute Gasteiger partial charge is 0.488 e. The molecule has 0 fully saturated rings. The van der Waals surface area contributed by atoms with E-state index < -0.39 is 7.12 Å². The lowest BCUT2D eigenvalue weighted by molar-refractivity contribution is 0.426. The molecule has 4 aromatic carbocycles. The Bertz CT molecular complexity index is 1140. The number of hydrogen-bond acceptors (Lipinski definition) is 3. The topological polar surface area (TPSA) is 53.4 Å². The van der Waals surface area contributed by atoms with Gasteiger partial charge in [0.2, 0.25) is 0 Å². The summed E-state index contributed by atoms with van der Waals surface area (Å²) >= 11 is 6.48. The van der Waals surface area contributed by atoms with Crippen LogP contribution in [0.3, 0.4) is 0 Å². The predicted octanol–water partition coefficient (Wildman–Crippen LogP) is 4.87. The maximum atomic E-state index is 9.36. The van der Waals surface area contributed by atoms with Gasteiger partial charge < -0.3 is 10.0 Å². The van der Waals surface area contributed by atoms with Gasteiger partial charge in [0.05, 0.1) is 0 Å². The quantitative estimate of drug-likeness (QED) is 0.203. The fourth-order valence-electron chi connectivity index (χ4n) is 3.28. The highest BCUT2D eigenvalue weighted by Crippen LogP contribution is 2.33. The van der Waals surface area contributed by atoms with Crippen LogP contribution in [0.1, 0.15) is 0 Å². The van der Waals surface area contributed by atoms with Gasteiger partial charge in [0.15, 0.2) is 0 Å². The number of aromatic nitrogens is 1. The van der Waals surface area contributed by atoms with Crippen molar-refractivity contribution in [1.82, 2.24) is 4.98 Å². The molecule has 5 rings (SSSR count). The molecule has 0 saturated heterocycles. The Labute approximate surface area is 173 Å². The first-order chi connectivity index (χ1) is 13.0. The molecule has 0 aliphatic carbocycles. The SMILES string of the molecule is Brc1ccc(Br)nc1.OB(O)c1cc2ccc3cccc4ccc(c1)c2c34. The molecule has 0 radical (unpaired) electrons. The normalized spacial score (nSPS) is 11.0. The van der Waals surface area contributed by atoms with Crippen LogP contribution in [0.2, 0.25) is 0 Å². The van der Waals surface area contributed by atoms with E-state index in [4.69, 9.17) is 0 Å². The summed E-state index contributed by atoms with van der Waals surface area (Å²) in [7, 11) is -1.43. The molecular formula is C21H14BBr2NO2. The molecule has 0 amide bonds. The minimum absolute atomic E-state index is 0.533. The summed E-state index contributed by atoms with van der Waals surface area (Å²) in [5.74, 6) is 0. The van der Waals surface area contributed by atoms with Gasteiger partial charge in [-0.25, -0.2) is 4.98 Å². The van der Waals surface area contributed by atoms with E-state index >= 15 is 0 Å². The molecule has 1 heterocycles. The first-order valence-corrected chi connectivity index (χ1v) is 9.92. The third-order valence-corrected chi connectivity index (χ3v) is 5.41. The Morgan fingerprint density at radius 1 is 0.704 bits per heavy atom. The van der Waals surface area contributed by atoms with E-state index in [0.717, 1.165) is 19.8 Å². The average Bonchev–Trinajstić information content (AvgIpc) is 2.68. The Hall–Kier alpha value is -1.99.